The lowest BCUT2D eigenvalue weighted by atomic mass is 9.98. The first-order valence-corrected chi connectivity index (χ1v) is 11.1. The molecule has 0 amide bonds. The molecule has 0 bridgehead atoms. The van der Waals surface area contributed by atoms with Gasteiger partial charge in [0.25, 0.3) is 0 Å². The van der Waals surface area contributed by atoms with Gasteiger partial charge in [-0.1, -0.05) is 34.1 Å². The zero-order valence-corrected chi connectivity index (χ0v) is 17.5. The Morgan fingerprint density at radius 2 is 2.00 bits per heavy atom. The first-order chi connectivity index (χ1) is 11.8. The topological polar surface area (TPSA) is 65.0 Å². The van der Waals surface area contributed by atoms with E-state index in [1.165, 1.54) is 11.8 Å². The normalized spacial score (nSPS) is 17.5. The largest absolute Gasteiger partial charge is 0.356 e. The molecule has 1 N–H and O–H groups in total. The Hall–Kier alpha value is -1.12. The maximum atomic E-state index is 11.6. The van der Waals surface area contributed by atoms with E-state index in [1.54, 1.807) is 11.4 Å². The van der Waals surface area contributed by atoms with Crippen LogP contribution in [-0.4, -0.2) is 63.6 Å². The van der Waals surface area contributed by atoms with E-state index in [9.17, 15) is 8.42 Å². The predicted octanol–water partition coefficient (Wildman–Crippen LogP) is 2.13. The number of nitrogens with one attached hydrogen (secondary N) is 1. The molecule has 1 fully saturated rings. The molecule has 1 saturated heterocycles. The van der Waals surface area contributed by atoms with Crippen molar-refractivity contribution in [1.29, 1.82) is 0 Å². The van der Waals surface area contributed by atoms with Crippen molar-refractivity contribution in [2.75, 3.05) is 40.0 Å². The van der Waals surface area contributed by atoms with Crippen molar-refractivity contribution >= 4 is 31.9 Å². The number of hydrogen-bond acceptors (Lipinski definition) is 3. The molecule has 0 unspecified atom stereocenters. The number of hydrogen-bond donors (Lipinski definition) is 1. The SMILES string of the molecule is CN=C(NCC1CCN(S(C)(=O)=O)CC1)N(C)Cc1ccccc1Br. The van der Waals surface area contributed by atoms with Crippen LogP contribution in [0.4, 0.5) is 0 Å². The molecule has 0 atom stereocenters. The summed E-state index contributed by atoms with van der Waals surface area (Å²) >= 11 is 3.58. The molecule has 0 spiro atoms. The summed E-state index contributed by atoms with van der Waals surface area (Å²) < 4.78 is 25.8. The number of aliphatic imine (C=N–C) groups is 1. The Bertz CT molecular complexity index is 700. The number of sulfonamides is 1. The molecule has 6 nitrogen and oxygen atoms in total. The number of nitrogens with zero attached hydrogens (tertiary/aromatic N) is 3. The van der Waals surface area contributed by atoms with Gasteiger partial charge in [0.05, 0.1) is 6.26 Å². The van der Waals surface area contributed by atoms with Crippen molar-refractivity contribution < 1.29 is 8.42 Å². The number of benzene rings is 1. The molecule has 25 heavy (non-hydrogen) atoms. The van der Waals surface area contributed by atoms with E-state index >= 15 is 0 Å². The van der Waals surface area contributed by atoms with Crippen molar-refractivity contribution in [3.05, 3.63) is 34.3 Å². The van der Waals surface area contributed by atoms with Gasteiger partial charge in [-0.25, -0.2) is 12.7 Å². The zero-order chi connectivity index (χ0) is 18.4. The minimum atomic E-state index is -3.06. The predicted molar refractivity (Wildman–Crippen MR) is 106 cm³/mol. The van der Waals surface area contributed by atoms with Gasteiger partial charge in [-0.2, -0.15) is 0 Å². The summed E-state index contributed by atoms with van der Waals surface area (Å²) in [5, 5.41) is 3.42. The van der Waals surface area contributed by atoms with Crippen LogP contribution in [0.1, 0.15) is 18.4 Å². The maximum Gasteiger partial charge on any atom is 0.211 e. The summed E-state index contributed by atoms with van der Waals surface area (Å²) in [4.78, 5) is 6.45. The number of rotatable bonds is 5. The summed E-state index contributed by atoms with van der Waals surface area (Å²) in [5.74, 6) is 1.31. The molecule has 0 saturated carbocycles. The average Bonchev–Trinajstić information content (AvgIpc) is 2.57. The number of halogens is 1. The van der Waals surface area contributed by atoms with Crippen LogP contribution < -0.4 is 5.32 Å². The monoisotopic (exact) mass is 430 g/mol. The summed E-state index contributed by atoms with van der Waals surface area (Å²) in [6.45, 7) is 2.78. The lowest BCUT2D eigenvalue weighted by molar-refractivity contribution is 0.273. The van der Waals surface area contributed by atoms with E-state index in [0.29, 0.717) is 19.0 Å². The molecular weight excluding hydrogens is 404 g/mol. The van der Waals surface area contributed by atoms with E-state index in [2.05, 4.69) is 37.2 Å². The van der Waals surface area contributed by atoms with Crippen LogP contribution in [0.3, 0.4) is 0 Å². The molecule has 1 aliphatic heterocycles. The van der Waals surface area contributed by atoms with Gasteiger partial charge in [0.1, 0.15) is 0 Å². The standard InChI is InChI=1S/C17H27BrN4O2S/c1-19-17(21(2)13-15-6-4-5-7-16(15)18)20-12-14-8-10-22(11-9-14)25(3,23)24/h4-7,14H,8-13H2,1-3H3,(H,19,20). The number of guanidine groups is 1. The number of piperidine rings is 1. The minimum absolute atomic E-state index is 0.464. The first kappa shape index (κ1) is 20.2. The molecule has 140 valence electrons. The van der Waals surface area contributed by atoms with Gasteiger partial charge in [-0.3, -0.25) is 4.99 Å². The Morgan fingerprint density at radius 3 is 2.56 bits per heavy atom. The van der Waals surface area contributed by atoms with Gasteiger partial charge in [-0.15, -0.1) is 0 Å². The van der Waals surface area contributed by atoms with Crippen molar-refractivity contribution in [3.8, 4) is 0 Å². The van der Waals surface area contributed by atoms with Gasteiger partial charge in [0, 0.05) is 44.7 Å². The molecule has 2 rings (SSSR count). The van der Waals surface area contributed by atoms with Gasteiger partial charge in [-0.05, 0) is 30.4 Å². The summed E-state index contributed by atoms with van der Waals surface area (Å²) in [6.07, 6.45) is 3.04. The van der Waals surface area contributed by atoms with Crippen LogP contribution in [-0.2, 0) is 16.6 Å². The van der Waals surface area contributed by atoms with Gasteiger partial charge < -0.3 is 10.2 Å². The highest BCUT2D eigenvalue weighted by Gasteiger charge is 2.25. The van der Waals surface area contributed by atoms with E-state index in [0.717, 1.165) is 36.4 Å². The van der Waals surface area contributed by atoms with Crippen LogP contribution in [0, 0.1) is 5.92 Å². The zero-order valence-electron chi connectivity index (χ0n) is 15.1. The maximum absolute atomic E-state index is 11.6. The average molecular weight is 431 g/mol. The van der Waals surface area contributed by atoms with Crippen LogP contribution >= 0.6 is 15.9 Å². The lowest BCUT2D eigenvalue weighted by Gasteiger charge is -2.31. The third-order valence-electron chi connectivity index (χ3n) is 4.53. The molecule has 0 aliphatic carbocycles. The molecule has 1 aromatic carbocycles. The fourth-order valence-corrected chi connectivity index (χ4v) is 4.31. The Balaban J connectivity index is 1.84. The van der Waals surface area contributed by atoms with Crippen LogP contribution in [0.5, 0.6) is 0 Å². The van der Waals surface area contributed by atoms with Gasteiger partial charge >= 0.3 is 0 Å². The fraction of sp³-hybridized carbons (Fsp3) is 0.588. The van der Waals surface area contributed by atoms with Gasteiger partial charge in [0.2, 0.25) is 10.0 Å². The molecule has 0 aromatic heterocycles. The molecule has 1 aromatic rings. The Morgan fingerprint density at radius 1 is 1.36 bits per heavy atom. The third kappa shape index (κ3) is 5.97. The minimum Gasteiger partial charge on any atom is -0.356 e. The van der Waals surface area contributed by atoms with Gasteiger partial charge in [0.15, 0.2) is 5.96 Å². The van der Waals surface area contributed by atoms with Crippen molar-refractivity contribution in [2.24, 2.45) is 10.9 Å². The van der Waals surface area contributed by atoms with Crippen LogP contribution in [0.25, 0.3) is 0 Å². The van der Waals surface area contributed by atoms with E-state index in [4.69, 9.17) is 0 Å². The molecule has 1 aliphatic rings. The Kier molecular flexibility index (Phi) is 7.27. The smallest absolute Gasteiger partial charge is 0.211 e. The summed E-state index contributed by atoms with van der Waals surface area (Å²) in [7, 11) is 0.737. The second kappa shape index (κ2) is 9.00. The quantitative estimate of drug-likeness (QED) is 0.573. The van der Waals surface area contributed by atoms with Crippen LogP contribution in [0.2, 0.25) is 0 Å². The summed E-state index contributed by atoms with van der Waals surface area (Å²) in [5.41, 5.74) is 1.20. The summed E-state index contributed by atoms with van der Waals surface area (Å²) in [6, 6.07) is 8.16. The molecule has 1 heterocycles. The second-order valence-corrected chi connectivity index (χ2v) is 9.32. The molecular formula is C17H27BrN4O2S. The van der Waals surface area contributed by atoms with E-state index in [1.807, 2.05) is 25.2 Å². The fourth-order valence-electron chi connectivity index (χ4n) is 3.02. The highest BCUT2D eigenvalue weighted by Crippen LogP contribution is 2.19. The molecule has 8 heteroatoms. The highest BCUT2D eigenvalue weighted by molar-refractivity contribution is 9.10. The van der Waals surface area contributed by atoms with E-state index in [-0.39, 0.29) is 0 Å². The Labute approximate surface area is 159 Å². The second-order valence-electron chi connectivity index (χ2n) is 6.48. The lowest BCUT2D eigenvalue weighted by Crippen LogP contribution is -2.44. The van der Waals surface area contributed by atoms with Crippen molar-refractivity contribution in [1.82, 2.24) is 14.5 Å². The highest BCUT2D eigenvalue weighted by atomic mass is 79.9. The van der Waals surface area contributed by atoms with Crippen LogP contribution in [0.15, 0.2) is 33.7 Å². The van der Waals surface area contributed by atoms with Crippen molar-refractivity contribution in [3.63, 3.8) is 0 Å². The third-order valence-corrected chi connectivity index (χ3v) is 6.61. The van der Waals surface area contributed by atoms with Crippen molar-refractivity contribution in [2.45, 2.75) is 19.4 Å². The molecule has 0 radical (unpaired) electrons. The first-order valence-electron chi connectivity index (χ1n) is 8.41. The van der Waals surface area contributed by atoms with E-state index < -0.39 is 10.0 Å².